The normalized spacial score (nSPS) is 11.7. The van der Waals surface area contributed by atoms with Crippen molar-refractivity contribution in [3.05, 3.63) is 309 Å². The maximum atomic E-state index is 15.3. The summed E-state index contributed by atoms with van der Waals surface area (Å²) < 4.78 is 135. The zero-order valence-corrected chi connectivity index (χ0v) is 65.9. The van der Waals surface area contributed by atoms with E-state index < -0.39 is 29.1 Å². The molecule has 0 bridgehead atoms. The lowest BCUT2D eigenvalue weighted by atomic mass is 9.97. The van der Waals surface area contributed by atoms with Crippen LogP contribution in [-0.4, -0.2) is 0 Å². The molecule has 15 heteroatoms. The summed E-state index contributed by atoms with van der Waals surface area (Å²) in [4.78, 5) is 0. The van der Waals surface area contributed by atoms with Gasteiger partial charge in [0.2, 0.25) is 22.8 Å². The summed E-state index contributed by atoms with van der Waals surface area (Å²) in [6.45, 7) is 24.9. The molecule has 0 amide bonds. The van der Waals surface area contributed by atoms with Crippen LogP contribution in [0, 0.1) is 96.1 Å². The van der Waals surface area contributed by atoms with E-state index in [4.69, 9.17) is 17.7 Å². The summed E-state index contributed by atoms with van der Waals surface area (Å²) in [5.74, 6) is -2.74. The van der Waals surface area contributed by atoms with E-state index in [1.807, 2.05) is 137 Å². The summed E-state index contributed by atoms with van der Waals surface area (Å²) in [5.41, 5.74) is 24.6. The predicted molar refractivity (Wildman–Crippen MR) is 438 cm³/mol. The van der Waals surface area contributed by atoms with E-state index in [9.17, 15) is 22.0 Å². The number of halogens is 7. The van der Waals surface area contributed by atoms with Gasteiger partial charge in [0.25, 0.3) is 0 Å². The third kappa shape index (κ3) is 13.7. The lowest BCUT2D eigenvalue weighted by Crippen LogP contribution is -2.31. The molecule has 10 aromatic carbocycles. The fourth-order valence-corrected chi connectivity index (χ4v) is 15.7. The highest BCUT2D eigenvalue weighted by molar-refractivity contribution is 6.16. The highest BCUT2D eigenvalue weighted by Crippen LogP contribution is 2.47. The van der Waals surface area contributed by atoms with Crippen LogP contribution in [0.15, 0.2) is 231 Å². The molecule has 0 saturated carbocycles. The average molecular weight is 1520 g/mol. The zero-order chi connectivity index (χ0) is 80.0. The van der Waals surface area contributed by atoms with Crippen LogP contribution in [-0.2, 0) is 28.2 Å². The van der Waals surface area contributed by atoms with E-state index in [2.05, 4.69) is 139 Å². The first-order chi connectivity index (χ1) is 54.0. The average Bonchev–Trinajstić information content (AvgIpc) is 1.59. The van der Waals surface area contributed by atoms with Gasteiger partial charge in [-0.2, -0.15) is 0 Å². The van der Waals surface area contributed by atoms with Crippen LogP contribution in [0.1, 0.15) is 95.2 Å². The second-order valence-corrected chi connectivity index (χ2v) is 30.4. The molecule has 0 aliphatic heterocycles. The first-order valence-corrected chi connectivity index (χ1v) is 37.7. The summed E-state index contributed by atoms with van der Waals surface area (Å²) in [7, 11) is 8.00. The van der Waals surface area contributed by atoms with Crippen molar-refractivity contribution < 1.29 is 66.7 Å². The summed E-state index contributed by atoms with van der Waals surface area (Å²) >= 11 is 0. The highest BCUT2D eigenvalue weighted by atomic mass is 19.2. The van der Waals surface area contributed by atoms with Crippen molar-refractivity contribution in [3.63, 3.8) is 0 Å². The molecule has 0 aliphatic rings. The second-order valence-electron chi connectivity index (χ2n) is 30.4. The third-order valence-electron chi connectivity index (χ3n) is 22.0. The van der Waals surface area contributed by atoms with Gasteiger partial charge in [-0.25, -0.2) is 49.0 Å². The van der Waals surface area contributed by atoms with Gasteiger partial charge < -0.3 is 17.7 Å². The molecule has 566 valence electrons. The van der Waals surface area contributed by atoms with E-state index in [-0.39, 0.29) is 28.4 Å². The Labute approximate surface area is 650 Å². The molecule has 0 radical (unpaired) electrons. The van der Waals surface area contributed by atoms with Gasteiger partial charge in [0.05, 0.1) is 49.5 Å². The molecular weight excluding hydrogens is 1430 g/mol. The Morgan fingerprint density at radius 1 is 0.257 bits per heavy atom. The van der Waals surface area contributed by atoms with Gasteiger partial charge in [-0.05, 0) is 154 Å². The molecule has 8 heterocycles. The second kappa shape index (κ2) is 30.0. The van der Waals surface area contributed by atoms with Gasteiger partial charge in [-0.1, -0.05) is 125 Å². The number of hydrogen-bond donors (Lipinski definition) is 0. The van der Waals surface area contributed by atoms with Gasteiger partial charge in [0, 0.05) is 97.7 Å². The number of hydrogen-bond acceptors (Lipinski definition) is 4. The molecule has 0 atom stereocenters. The van der Waals surface area contributed by atoms with E-state index in [0.717, 1.165) is 101 Å². The van der Waals surface area contributed by atoms with Crippen LogP contribution in [0.3, 0.4) is 0 Å². The Balaban J connectivity index is 0.000000120. The molecule has 0 saturated heterocycles. The minimum atomic E-state index is -0.640. The van der Waals surface area contributed by atoms with Gasteiger partial charge in [0.15, 0.2) is 30.4 Å². The Hall–Kier alpha value is -12.5. The van der Waals surface area contributed by atoms with Crippen molar-refractivity contribution in [2.24, 2.45) is 28.2 Å². The van der Waals surface area contributed by atoms with Gasteiger partial charge in [-0.3, -0.25) is 0 Å². The smallest absolute Gasteiger partial charge is 0.216 e. The van der Waals surface area contributed by atoms with Gasteiger partial charge in [-0.15, -0.1) is 0 Å². The lowest BCUT2D eigenvalue weighted by molar-refractivity contribution is -0.661. The maximum Gasteiger partial charge on any atom is 0.216 e. The fraction of sp³-hybridized carbons (Fsp3) is 0.184. The minimum absolute atomic E-state index is 0.228. The standard InChI is InChI=1S/2C28H24F2NO.C21H18F2NO.C21H19FNO/c1-16(2)19-10-13-23(31(4)15-19)24-17(3)14-22(30)26-20-11-12-21(29)25(27(20)32-28(24)26)18-8-6-5-7-9-18;1-16(2)19-11-13-23(31(4)15-19)24-17(3)10-12-20-26-22(30)14-21(29)25(28(26)32-27(20)24)18-8-6-5-7-9-18;1-11-5-6-15-20-16(23)8-14(22)9-18(20)25-21(15)19(11)17-7-12(2)13(3)10-24(17)4;1-12-5-7-17-16-8-6-15(22)10-19(16)24-21(17)20(12)18-9-13(2)14(3)11-23(18)4/h2*5-16H,1-4H3;5-10H,1-4H3;5-11H,1-4H3/q4*+1. The molecule has 0 fully saturated rings. The lowest BCUT2D eigenvalue weighted by Gasteiger charge is -2.09. The molecule has 0 aliphatic carbocycles. The molecule has 8 nitrogen and oxygen atoms in total. The molecule has 113 heavy (non-hydrogen) atoms. The first-order valence-electron chi connectivity index (χ1n) is 37.7. The minimum Gasteiger partial charge on any atom is -0.455 e. The van der Waals surface area contributed by atoms with Crippen molar-refractivity contribution in [2.45, 2.75) is 94.9 Å². The molecule has 0 N–H and O–H groups in total. The largest absolute Gasteiger partial charge is 0.455 e. The quantitative estimate of drug-likeness (QED) is 0.112. The molecule has 18 aromatic rings. The maximum absolute atomic E-state index is 15.3. The van der Waals surface area contributed by atoms with Gasteiger partial charge in [0.1, 0.15) is 108 Å². The SMILES string of the molecule is Cc1cc(-c2c(C)ccc3c2oc2cc(F)cc(F)c23)[n+](C)cc1C.Cc1cc(-c2c(C)ccc3c2oc2cc(F)ccc23)[n+](C)cc1C.Cc1cc(F)c2c(oc3c(-c4ccccc4)c(F)ccc32)c1-c1ccc(C(C)C)c[n+]1C.Cc1ccc2c(oc3c(-c4ccccc4)c(F)cc(F)c32)c1-c1ccc(C(C)C)c[n+]1C. The molecule has 8 aromatic heterocycles. The molecular formula is C98H85F7N4O4+4. The van der Waals surface area contributed by atoms with Crippen LogP contribution in [0.2, 0.25) is 0 Å². The monoisotopic (exact) mass is 1510 g/mol. The fourth-order valence-electron chi connectivity index (χ4n) is 15.7. The van der Waals surface area contributed by atoms with Crippen LogP contribution in [0.25, 0.3) is 155 Å². The Kier molecular flexibility index (Phi) is 20.1. The summed E-state index contributed by atoms with van der Waals surface area (Å²) in [6, 6.07) is 55.1. The van der Waals surface area contributed by atoms with Crippen molar-refractivity contribution in [1.82, 2.24) is 0 Å². The topological polar surface area (TPSA) is 68.1 Å². The molecule has 0 unspecified atom stereocenters. The number of furan rings is 4. The number of fused-ring (bicyclic) bond motifs is 12. The number of rotatable bonds is 8. The number of benzene rings is 10. The summed E-state index contributed by atoms with van der Waals surface area (Å²) in [5, 5.41) is 4.84. The van der Waals surface area contributed by atoms with E-state index in [0.29, 0.717) is 88.8 Å². The van der Waals surface area contributed by atoms with Crippen molar-refractivity contribution in [3.8, 4) is 67.3 Å². The zero-order valence-electron chi connectivity index (χ0n) is 65.9. The van der Waals surface area contributed by atoms with E-state index in [1.54, 1.807) is 24.3 Å². The Morgan fingerprint density at radius 3 is 1.16 bits per heavy atom. The number of pyridine rings is 4. The number of aromatic nitrogens is 4. The van der Waals surface area contributed by atoms with Crippen LogP contribution >= 0.6 is 0 Å². The van der Waals surface area contributed by atoms with Crippen LogP contribution < -0.4 is 18.3 Å². The Bertz CT molecular complexity index is 6870. The van der Waals surface area contributed by atoms with Crippen molar-refractivity contribution in [1.29, 1.82) is 0 Å². The van der Waals surface area contributed by atoms with Gasteiger partial charge >= 0.3 is 0 Å². The molecule has 0 spiro atoms. The van der Waals surface area contributed by atoms with Crippen LogP contribution in [0.5, 0.6) is 0 Å². The first kappa shape index (κ1) is 75.9. The van der Waals surface area contributed by atoms with E-state index >= 15 is 8.78 Å². The van der Waals surface area contributed by atoms with Crippen molar-refractivity contribution >= 4 is 87.8 Å². The number of aryl methyl sites for hydroxylation is 12. The van der Waals surface area contributed by atoms with Crippen LogP contribution in [0.4, 0.5) is 30.7 Å². The third-order valence-corrected chi connectivity index (χ3v) is 22.0. The van der Waals surface area contributed by atoms with Crippen molar-refractivity contribution in [2.75, 3.05) is 0 Å². The summed E-state index contributed by atoms with van der Waals surface area (Å²) in [6.07, 6.45) is 8.39. The predicted octanol–water partition coefficient (Wildman–Crippen LogP) is 25.3. The van der Waals surface area contributed by atoms with E-state index in [1.165, 1.54) is 58.1 Å². The number of nitrogens with zero attached hydrogens (tertiary/aromatic N) is 4. The Morgan fingerprint density at radius 2 is 0.646 bits per heavy atom. The molecule has 18 rings (SSSR count). The highest BCUT2D eigenvalue weighted by Gasteiger charge is 2.31.